The van der Waals surface area contributed by atoms with Gasteiger partial charge in [0.25, 0.3) is 5.91 Å². The van der Waals surface area contributed by atoms with Gasteiger partial charge in [0.15, 0.2) is 6.10 Å². The molecule has 0 saturated carbocycles. The van der Waals surface area contributed by atoms with Crippen LogP contribution in [0.1, 0.15) is 12.5 Å². The molecule has 1 aromatic carbocycles. The summed E-state index contributed by atoms with van der Waals surface area (Å²) in [5.41, 5.74) is 5.92. The summed E-state index contributed by atoms with van der Waals surface area (Å²) in [4.78, 5) is 21.7. The van der Waals surface area contributed by atoms with Crippen LogP contribution in [0.25, 0.3) is 0 Å². The first-order chi connectivity index (χ1) is 7.49. The highest BCUT2D eigenvalue weighted by atomic mass is 16.5. The fourth-order valence-corrected chi connectivity index (χ4v) is 1.10. The van der Waals surface area contributed by atoms with Crippen LogP contribution in [0, 0.1) is 6.92 Å². The molecule has 1 atom stereocenters. The van der Waals surface area contributed by atoms with E-state index in [1.165, 1.54) is 6.92 Å². The van der Waals surface area contributed by atoms with Gasteiger partial charge in [-0.15, -0.1) is 0 Å². The van der Waals surface area contributed by atoms with E-state index in [0.717, 1.165) is 5.56 Å². The molecule has 0 saturated heterocycles. The molecule has 0 aromatic heterocycles. The number of rotatable bonds is 3. The number of ether oxygens (including phenoxy) is 1. The van der Waals surface area contributed by atoms with E-state index < -0.39 is 18.0 Å². The molecule has 86 valence electrons. The maximum absolute atomic E-state index is 11.3. The first-order valence-electron chi connectivity index (χ1n) is 4.82. The second-order valence-electron chi connectivity index (χ2n) is 3.43. The molecule has 0 aliphatic carbocycles. The van der Waals surface area contributed by atoms with Crippen molar-refractivity contribution in [1.29, 1.82) is 0 Å². The smallest absolute Gasteiger partial charge is 0.318 e. The molecule has 0 bridgehead atoms. The van der Waals surface area contributed by atoms with Crippen LogP contribution in [-0.2, 0) is 4.79 Å². The predicted octanol–water partition coefficient (Wildman–Crippen LogP) is 0.957. The first-order valence-corrected chi connectivity index (χ1v) is 4.82. The van der Waals surface area contributed by atoms with E-state index in [4.69, 9.17) is 10.5 Å². The number of benzene rings is 1. The molecular weight excluding hydrogens is 208 g/mol. The minimum atomic E-state index is -0.885. The molecule has 0 unspecified atom stereocenters. The Bertz CT molecular complexity index is 387. The van der Waals surface area contributed by atoms with Crippen LogP contribution in [0.2, 0.25) is 0 Å². The van der Waals surface area contributed by atoms with Gasteiger partial charge in [0.05, 0.1) is 0 Å². The monoisotopic (exact) mass is 222 g/mol. The molecule has 0 aliphatic heterocycles. The van der Waals surface area contributed by atoms with Gasteiger partial charge in [0.2, 0.25) is 0 Å². The molecule has 0 heterocycles. The molecule has 0 fully saturated rings. The number of amides is 3. The zero-order chi connectivity index (χ0) is 12.1. The molecule has 3 N–H and O–H groups in total. The van der Waals surface area contributed by atoms with Gasteiger partial charge in [-0.2, -0.15) is 0 Å². The summed E-state index contributed by atoms with van der Waals surface area (Å²) < 4.78 is 5.31. The zero-order valence-electron chi connectivity index (χ0n) is 9.19. The summed E-state index contributed by atoms with van der Waals surface area (Å²) in [5, 5.41) is 1.95. The van der Waals surface area contributed by atoms with Crippen LogP contribution in [0.5, 0.6) is 5.75 Å². The van der Waals surface area contributed by atoms with E-state index in [-0.39, 0.29) is 0 Å². The normalized spacial score (nSPS) is 11.6. The Kier molecular flexibility index (Phi) is 3.88. The van der Waals surface area contributed by atoms with Gasteiger partial charge in [0, 0.05) is 0 Å². The largest absolute Gasteiger partial charge is 0.481 e. The van der Waals surface area contributed by atoms with Gasteiger partial charge in [-0.25, -0.2) is 4.79 Å². The third-order valence-electron chi connectivity index (χ3n) is 1.95. The number of hydrogen-bond donors (Lipinski definition) is 2. The van der Waals surface area contributed by atoms with E-state index >= 15 is 0 Å². The Morgan fingerprint density at radius 2 is 1.88 bits per heavy atom. The fraction of sp³-hybridized carbons (Fsp3) is 0.273. The van der Waals surface area contributed by atoms with Gasteiger partial charge in [0.1, 0.15) is 5.75 Å². The minimum absolute atomic E-state index is 0.562. The summed E-state index contributed by atoms with van der Waals surface area (Å²) in [6.45, 7) is 3.49. The van der Waals surface area contributed by atoms with Crippen LogP contribution in [-0.4, -0.2) is 18.0 Å². The minimum Gasteiger partial charge on any atom is -0.481 e. The SMILES string of the molecule is Cc1ccc(O[C@H](C)C(=O)NC(N)=O)cc1. The number of nitrogens with two attached hydrogens (primary N) is 1. The number of primary amides is 1. The van der Waals surface area contributed by atoms with Crippen molar-refractivity contribution in [2.24, 2.45) is 5.73 Å². The predicted molar refractivity (Wildman–Crippen MR) is 59.0 cm³/mol. The highest BCUT2D eigenvalue weighted by molar-refractivity contribution is 5.95. The molecule has 5 heteroatoms. The van der Waals surface area contributed by atoms with Crippen LogP contribution < -0.4 is 15.8 Å². The fourth-order valence-electron chi connectivity index (χ4n) is 1.10. The molecule has 1 rings (SSSR count). The van der Waals surface area contributed by atoms with Gasteiger partial charge in [-0.3, -0.25) is 10.1 Å². The maximum atomic E-state index is 11.3. The maximum Gasteiger partial charge on any atom is 0.318 e. The van der Waals surface area contributed by atoms with Crippen molar-refractivity contribution in [3.8, 4) is 5.75 Å². The van der Waals surface area contributed by atoms with E-state index in [1.54, 1.807) is 12.1 Å². The summed E-state index contributed by atoms with van der Waals surface area (Å²) in [6, 6.07) is 6.36. The summed E-state index contributed by atoms with van der Waals surface area (Å²) in [5.74, 6) is 0.00537. The Balaban J connectivity index is 2.57. The number of urea groups is 1. The molecule has 1 aromatic rings. The number of imide groups is 1. The van der Waals surface area contributed by atoms with Gasteiger partial charge >= 0.3 is 6.03 Å². The van der Waals surface area contributed by atoms with E-state index in [2.05, 4.69) is 0 Å². The van der Waals surface area contributed by atoms with E-state index in [9.17, 15) is 9.59 Å². The number of carbonyl (C=O) groups is 2. The highest BCUT2D eigenvalue weighted by Crippen LogP contribution is 2.13. The number of hydrogen-bond acceptors (Lipinski definition) is 3. The van der Waals surface area contributed by atoms with Crippen molar-refractivity contribution in [2.75, 3.05) is 0 Å². The Morgan fingerprint density at radius 3 is 2.38 bits per heavy atom. The van der Waals surface area contributed by atoms with Crippen molar-refractivity contribution >= 4 is 11.9 Å². The van der Waals surface area contributed by atoms with E-state index in [1.807, 2.05) is 24.4 Å². The summed E-state index contributed by atoms with van der Waals surface area (Å²) >= 11 is 0. The Labute approximate surface area is 93.6 Å². The Morgan fingerprint density at radius 1 is 1.31 bits per heavy atom. The second kappa shape index (κ2) is 5.16. The molecule has 0 spiro atoms. The van der Waals surface area contributed by atoms with Gasteiger partial charge in [-0.1, -0.05) is 17.7 Å². The quantitative estimate of drug-likeness (QED) is 0.799. The summed E-state index contributed by atoms with van der Waals surface area (Å²) in [6.07, 6.45) is -0.768. The molecule has 5 nitrogen and oxygen atoms in total. The number of carbonyl (C=O) groups excluding carboxylic acids is 2. The third kappa shape index (κ3) is 3.61. The highest BCUT2D eigenvalue weighted by Gasteiger charge is 2.15. The molecule has 0 aliphatic rings. The topological polar surface area (TPSA) is 81.4 Å². The van der Waals surface area contributed by atoms with Crippen LogP contribution >= 0.6 is 0 Å². The lowest BCUT2D eigenvalue weighted by molar-refractivity contribution is -0.126. The standard InChI is InChI=1S/C11H14N2O3/c1-7-3-5-9(6-4-7)16-8(2)10(14)13-11(12)15/h3-6,8H,1-2H3,(H3,12,13,14,15)/t8-/m1/s1. The van der Waals surface area contributed by atoms with Crippen molar-refractivity contribution in [3.63, 3.8) is 0 Å². The molecular formula is C11H14N2O3. The second-order valence-corrected chi connectivity index (χ2v) is 3.43. The first kappa shape index (κ1) is 12.0. The molecule has 16 heavy (non-hydrogen) atoms. The van der Waals surface area contributed by atoms with Crippen molar-refractivity contribution < 1.29 is 14.3 Å². The molecule has 0 radical (unpaired) electrons. The number of nitrogens with one attached hydrogen (secondary N) is 1. The average molecular weight is 222 g/mol. The average Bonchev–Trinajstić information content (AvgIpc) is 2.20. The van der Waals surface area contributed by atoms with Crippen molar-refractivity contribution in [3.05, 3.63) is 29.8 Å². The van der Waals surface area contributed by atoms with Crippen molar-refractivity contribution in [2.45, 2.75) is 20.0 Å². The lowest BCUT2D eigenvalue weighted by atomic mass is 10.2. The third-order valence-corrected chi connectivity index (χ3v) is 1.95. The Hall–Kier alpha value is -2.04. The van der Waals surface area contributed by atoms with Crippen LogP contribution in [0.15, 0.2) is 24.3 Å². The lowest BCUT2D eigenvalue weighted by Crippen LogP contribution is -2.42. The van der Waals surface area contributed by atoms with Crippen molar-refractivity contribution in [1.82, 2.24) is 5.32 Å². The van der Waals surface area contributed by atoms with Crippen LogP contribution in [0.4, 0.5) is 4.79 Å². The molecule has 3 amide bonds. The van der Waals surface area contributed by atoms with E-state index in [0.29, 0.717) is 5.75 Å². The number of aryl methyl sites for hydroxylation is 1. The van der Waals surface area contributed by atoms with Gasteiger partial charge < -0.3 is 10.5 Å². The van der Waals surface area contributed by atoms with Crippen LogP contribution in [0.3, 0.4) is 0 Å². The zero-order valence-corrected chi connectivity index (χ0v) is 9.19. The van der Waals surface area contributed by atoms with Gasteiger partial charge in [-0.05, 0) is 26.0 Å². The lowest BCUT2D eigenvalue weighted by Gasteiger charge is -2.13. The summed E-state index contributed by atoms with van der Waals surface area (Å²) in [7, 11) is 0.